The molecule has 4 saturated carbocycles. The van der Waals surface area contributed by atoms with Crippen molar-refractivity contribution < 1.29 is 133 Å². The Balaban J connectivity index is 0.000000145. The van der Waals surface area contributed by atoms with Crippen LogP contribution < -0.4 is 0 Å². The van der Waals surface area contributed by atoms with E-state index in [-0.39, 0.29) is 89.9 Å². The van der Waals surface area contributed by atoms with Crippen molar-refractivity contribution in [1.29, 1.82) is 0 Å². The van der Waals surface area contributed by atoms with E-state index in [9.17, 15) is 62.3 Å². The maximum absolute atomic E-state index is 12.1. The first kappa shape index (κ1) is 69.4. The molecule has 28 nitrogen and oxygen atoms in total. The Hall–Kier alpha value is -6.97. The highest BCUT2D eigenvalue weighted by Gasteiger charge is 2.72. The fourth-order valence-corrected chi connectivity index (χ4v) is 14.4. The van der Waals surface area contributed by atoms with Gasteiger partial charge in [0.1, 0.15) is 42.0 Å². The van der Waals surface area contributed by atoms with Gasteiger partial charge in [0.25, 0.3) is 0 Å². The van der Waals surface area contributed by atoms with Gasteiger partial charge in [0.2, 0.25) is 0 Å². The molecule has 0 aromatic heterocycles. The Labute approximate surface area is 531 Å². The highest BCUT2D eigenvalue weighted by molar-refractivity contribution is 5.87. The summed E-state index contributed by atoms with van der Waals surface area (Å²) in [5, 5.41) is 0. The third-order valence-electron chi connectivity index (χ3n) is 21.3. The number of carbonyl (C=O) groups excluding carboxylic acids is 13. The minimum absolute atomic E-state index is 0.0179. The van der Waals surface area contributed by atoms with Crippen LogP contribution in [0.15, 0.2) is 0 Å². The van der Waals surface area contributed by atoms with Crippen LogP contribution in [0.2, 0.25) is 0 Å². The Morgan fingerprint density at radius 1 is 0.511 bits per heavy atom. The van der Waals surface area contributed by atoms with E-state index in [0.717, 1.165) is 12.8 Å². The van der Waals surface area contributed by atoms with Gasteiger partial charge in [-0.15, -0.1) is 0 Å². The van der Waals surface area contributed by atoms with Crippen LogP contribution in [-0.4, -0.2) is 184 Å². The number of ether oxygens (including phenoxy) is 15. The van der Waals surface area contributed by atoms with Crippen LogP contribution in [0.5, 0.6) is 0 Å². The molecule has 28 heteroatoms. The number of fused-ring (bicyclic) bond motifs is 4. The predicted molar refractivity (Wildman–Crippen MR) is 303 cm³/mol. The zero-order valence-corrected chi connectivity index (χ0v) is 54.2. The van der Waals surface area contributed by atoms with Crippen LogP contribution in [0, 0.1) is 74.9 Å². The largest absolute Gasteiger partial charge is 0.469 e. The van der Waals surface area contributed by atoms with Gasteiger partial charge in [0, 0.05) is 23.7 Å². The summed E-state index contributed by atoms with van der Waals surface area (Å²) in [6, 6.07) is 0. The Kier molecular flexibility index (Phi) is 20.2. The van der Waals surface area contributed by atoms with Gasteiger partial charge in [-0.05, 0) is 106 Å². The molecule has 12 rings (SSSR count). The lowest BCUT2D eigenvalue weighted by atomic mass is 9.74. The van der Waals surface area contributed by atoms with Crippen molar-refractivity contribution in [3.05, 3.63) is 0 Å². The van der Waals surface area contributed by atoms with Crippen LogP contribution >= 0.6 is 0 Å². The monoisotopic (exact) mass is 1300 g/mol. The molecular weight excluding hydrogens is 1220 g/mol. The van der Waals surface area contributed by atoms with Crippen molar-refractivity contribution in [2.24, 2.45) is 74.9 Å². The lowest BCUT2D eigenvalue weighted by Gasteiger charge is -2.32. The summed E-state index contributed by atoms with van der Waals surface area (Å²) in [5.74, 6) is -8.18. The highest BCUT2D eigenvalue weighted by atomic mass is 16.7. The summed E-state index contributed by atoms with van der Waals surface area (Å²) in [4.78, 5) is 154. The second-order valence-electron chi connectivity index (χ2n) is 28.0. The molecule has 8 heterocycles. The standard InChI is InChI=1S/C18H24O8.C17H24O6.C15H20O7.C14H18O7/c1-5-18(2,3)17(22)24-7-10(19)25-13-8-6-9-12(11(8)15(20)23-4)16(21)26-14(9)13;1-5-16(2,3)14(19)21-8-12(18)23-13-9-6-10-11(7-9)22-15(20)17(10,13)4;1-4-15(2,3)14(18)19-6-9(16)21-11-8-5-7-10(20-8)12(11)22-13(7)17;1-3-6(2)13(16)18-5-9(15)20-11-8-4-7-10(19-8)12(11)21-14(7)17/h8-9,11-14H,5-7H2,1-4H3;9-11,13H,5-8H2,1-4H3;7-8,10-12H,4-6H2,1-3H3;6-8,10-12H,3-5H2,1-2H3. The second kappa shape index (κ2) is 26.8. The summed E-state index contributed by atoms with van der Waals surface area (Å²) < 4.78 is 78.6. The first-order valence-electron chi connectivity index (χ1n) is 31.9. The van der Waals surface area contributed by atoms with Crippen LogP contribution in [0.25, 0.3) is 0 Å². The average molecular weight is 1300 g/mol. The lowest BCUT2D eigenvalue weighted by Crippen LogP contribution is -2.44. The third kappa shape index (κ3) is 13.2. The topological polar surface area (TPSA) is 360 Å². The van der Waals surface area contributed by atoms with Crippen LogP contribution in [-0.2, 0) is 133 Å². The first-order chi connectivity index (χ1) is 43.2. The van der Waals surface area contributed by atoms with Gasteiger partial charge in [0.15, 0.2) is 50.8 Å². The van der Waals surface area contributed by atoms with Crippen molar-refractivity contribution in [3.63, 3.8) is 0 Å². The van der Waals surface area contributed by atoms with E-state index < -0.39 is 162 Å². The van der Waals surface area contributed by atoms with E-state index in [4.69, 9.17) is 71.1 Å². The van der Waals surface area contributed by atoms with Crippen molar-refractivity contribution in [2.75, 3.05) is 33.5 Å². The Morgan fingerprint density at radius 3 is 1.39 bits per heavy atom. The van der Waals surface area contributed by atoms with Gasteiger partial charge >= 0.3 is 77.6 Å². The molecule has 0 N–H and O–H groups in total. The van der Waals surface area contributed by atoms with Gasteiger partial charge in [-0.3, -0.25) is 43.2 Å². The van der Waals surface area contributed by atoms with Crippen LogP contribution in [0.4, 0.5) is 0 Å². The molecule has 0 spiro atoms. The van der Waals surface area contributed by atoms with Crippen molar-refractivity contribution in [3.8, 4) is 0 Å². The minimum atomic E-state index is -0.740. The molecule has 8 aliphatic heterocycles. The summed E-state index contributed by atoms with van der Waals surface area (Å²) >= 11 is 0. The van der Waals surface area contributed by atoms with Crippen molar-refractivity contribution in [1.82, 2.24) is 0 Å². The van der Waals surface area contributed by atoms with E-state index >= 15 is 0 Å². The molecule has 22 atom stereocenters. The molecule has 0 aromatic carbocycles. The summed E-state index contributed by atoms with van der Waals surface area (Å²) in [5.41, 5.74) is -2.68. The zero-order chi connectivity index (χ0) is 67.4. The molecule has 510 valence electrons. The normalized spacial score (nSPS) is 36.1. The Bertz CT molecular complexity index is 2950. The molecule has 0 amide bonds. The van der Waals surface area contributed by atoms with Crippen molar-refractivity contribution in [2.45, 2.75) is 214 Å². The van der Waals surface area contributed by atoms with E-state index in [0.29, 0.717) is 44.9 Å². The number of rotatable bonds is 21. The summed E-state index contributed by atoms with van der Waals surface area (Å²) in [6.07, 6.45) is 0.488. The fraction of sp³-hybridized carbons (Fsp3) is 0.797. The fourth-order valence-electron chi connectivity index (χ4n) is 14.4. The smallest absolute Gasteiger partial charge is 0.344 e. The number of carbonyl (C=O) groups is 13. The van der Waals surface area contributed by atoms with Crippen molar-refractivity contribution >= 4 is 77.6 Å². The van der Waals surface area contributed by atoms with E-state index in [2.05, 4.69) is 0 Å². The van der Waals surface area contributed by atoms with Crippen LogP contribution in [0.1, 0.15) is 141 Å². The van der Waals surface area contributed by atoms with Crippen LogP contribution in [0.3, 0.4) is 0 Å². The molecule has 8 saturated heterocycles. The van der Waals surface area contributed by atoms with E-state index in [1.54, 1.807) is 48.5 Å². The number of hydrogen-bond acceptors (Lipinski definition) is 28. The SMILES string of the molecule is CCC(C)(C)C(=O)OCC(=O)OC1C2CC3C(=O)OC1C3O2.CCC(C)(C)C(=O)OCC(=O)OC1C2CC3C1OC(=O)C3C2C(=O)OC.CCC(C)(C)C(=O)OCC(=O)OC1C2CC3OC(=O)C1(C)C3C2.CCC(C)C(=O)OCC(=O)OC1C2CC3C(=O)OC1C3O2. The maximum Gasteiger partial charge on any atom is 0.344 e. The molecule has 0 aromatic rings. The van der Waals surface area contributed by atoms with Gasteiger partial charge in [0.05, 0.1) is 65.2 Å². The summed E-state index contributed by atoms with van der Waals surface area (Å²) in [6.45, 7) is 19.7. The molecular formula is C64H86O28. The zero-order valence-electron chi connectivity index (χ0n) is 54.2. The molecule has 92 heavy (non-hydrogen) atoms. The van der Waals surface area contributed by atoms with Gasteiger partial charge in [-0.1, -0.05) is 34.6 Å². The predicted octanol–water partition coefficient (Wildman–Crippen LogP) is 3.50. The van der Waals surface area contributed by atoms with E-state index in [1.165, 1.54) is 7.11 Å². The number of esters is 13. The average Bonchev–Trinajstić information content (AvgIpc) is 1.56. The van der Waals surface area contributed by atoms with Gasteiger partial charge in [-0.25, -0.2) is 19.2 Å². The molecule has 12 aliphatic rings. The second-order valence-corrected chi connectivity index (χ2v) is 28.0. The minimum Gasteiger partial charge on any atom is -0.469 e. The molecule has 4 aliphatic carbocycles. The quantitative estimate of drug-likeness (QED) is 0.117. The molecule has 0 radical (unpaired) electrons. The van der Waals surface area contributed by atoms with Gasteiger partial charge in [-0.2, -0.15) is 0 Å². The molecule has 12 fully saturated rings. The maximum atomic E-state index is 12.1. The Morgan fingerprint density at radius 2 is 0.946 bits per heavy atom. The number of methoxy groups -OCH3 is 1. The highest BCUT2D eigenvalue weighted by Crippen LogP contribution is 2.63. The lowest BCUT2D eigenvalue weighted by molar-refractivity contribution is -0.174. The third-order valence-corrected chi connectivity index (χ3v) is 21.3. The summed E-state index contributed by atoms with van der Waals surface area (Å²) in [7, 11) is 1.27. The number of hydrogen-bond donors (Lipinski definition) is 0. The van der Waals surface area contributed by atoms with E-state index in [1.807, 2.05) is 34.6 Å². The molecule has 22 unspecified atom stereocenters. The molecule has 8 bridgehead atoms. The van der Waals surface area contributed by atoms with Gasteiger partial charge < -0.3 is 71.1 Å². The first-order valence-corrected chi connectivity index (χ1v) is 31.9.